The van der Waals surface area contributed by atoms with Gasteiger partial charge >= 0.3 is 18.2 Å². The number of amides is 1. The standard InChI is InChI=1S/C25H28F3N3O6/c1-7-15(29-23(33)37-24(3,4)5)20-19(22(32)35-8-2)31-21(36-20)14-9-11-16(34-6)18-13(14)10-12-17(30-18)25(26,27)28/h9-12,15H,7-8H2,1-6H3,(H,29,33)/t15-/m0/s1. The molecule has 1 N–H and O–H groups in total. The van der Waals surface area contributed by atoms with Gasteiger partial charge in [0.25, 0.3) is 0 Å². The molecule has 1 aromatic carbocycles. The molecule has 0 unspecified atom stereocenters. The second-order valence-electron chi connectivity index (χ2n) is 8.97. The van der Waals surface area contributed by atoms with Gasteiger partial charge in [-0.15, -0.1) is 0 Å². The van der Waals surface area contributed by atoms with Crippen LogP contribution in [0.4, 0.5) is 18.0 Å². The van der Waals surface area contributed by atoms with E-state index in [-0.39, 0.29) is 46.2 Å². The first-order chi connectivity index (χ1) is 17.3. The molecule has 0 aliphatic rings. The number of nitrogens with zero attached hydrogens (tertiary/aromatic N) is 2. The van der Waals surface area contributed by atoms with Crippen LogP contribution in [-0.4, -0.2) is 41.3 Å². The zero-order chi connectivity index (χ0) is 27.5. The fourth-order valence-corrected chi connectivity index (χ4v) is 3.53. The number of methoxy groups -OCH3 is 1. The Bertz CT molecular complexity index is 1300. The van der Waals surface area contributed by atoms with E-state index in [1.54, 1.807) is 34.6 Å². The Balaban J connectivity index is 2.16. The van der Waals surface area contributed by atoms with E-state index in [4.69, 9.17) is 18.6 Å². The molecule has 0 radical (unpaired) electrons. The Labute approximate surface area is 211 Å². The number of carbonyl (C=O) groups excluding carboxylic acids is 2. The van der Waals surface area contributed by atoms with E-state index in [0.717, 1.165) is 6.07 Å². The van der Waals surface area contributed by atoms with Crippen LogP contribution in [0.25, 0.3) is 22.4 Å². The number of nitrogens with one attached hydrogen (secondary N) is 1. The van der Waals surface area contributed by atoms with Gasteiger partial charge in [-0.25, -0.2) is 19.6 Å². The number of rotatable bonds is 7. The minimum atomic E-state index is -4.66. The predicted octanol–water partition coefficient (Wildman–Crippen LogP) is 6.07. The zero-order valence-electron chi connectivity index (χ0n) is 21.3. The highest BCUT2D eigenvalue weighted by Gasteiger charge is 2.34. The quantitative estimate of drug-likeness (QED) is 0.371. The van der Waals surface area contributed by atoms with Crippen molar-refractivity contribution in [2.75, 3.05) is 13.7 Å². The van der Waals surface area contributed by atoms with E-state index < -0.39 is 35.6 Å². The Kier molecular flexibility index (Phi) is 7.99. The Hall–Kier alpha value is -3.83. The first-order valence-electron chi connectivity index (χ1n) is 11.5. The number of hydrogen-bond acceptors (Lipinski definition) is 8. The number of aromatic nitrogens is 2. The van der Waals surface area contributed by atoms with Crippen LogP contribution in [0.2, 0.25) is 0 Å². The van der Waals surface area contributed by atoms with Gasteiger partial charge in [0.1, 0.15) is 22.6 Å². The second-order valence-corrected chi connectivity index (χ2v) is 8.97. The number of pyridine rings is 1. The molecule has 0 aliphatic carbocycles. The van der Waals surface area contributed by atoms with Gasteiger partial charge in [0, 0.05) is 10.9 Å². The molecule has 200 valence electrons. The fraction of sp³-hybridized carbons (Fsp3) is 0.440. The van der Waals surface area contributed by atoms with Crippen molar-refractivity contribution in [3.63, 3.8) is 0 Å². The molecule has 0 aliphatic heterocycles. The molecule has 12 heteroatoms. The third kappa shape index (κ3) is 6.30. The third-order valence-electron chi connectivity index (χ3n) is 5.10. The van der Waals surface area contributed by atoms with E-state index in [2.05, 4.69) is 15.3 Å². The molecule has 37 heavy (non-hydrogen) atoms. The van der Waals surface area contributed by atoms with E-state index in [1.807, 2.05) is 0 Å². The average Bonchev–Trinajstić information content (AvgIpc) is 3.25. The van der Waals surface area contributed by atoms with Gasteiger partial charge in [-0.1, -0.05) is 6.92 Å². The molecule has 2 heterocycles. The van der Waals surface area contributed by atoms with Crippen LogP contribution in [0.15, 0.2) is 28.7 Å². The van der Waals surface area contributed by atoms with E-state index in [1.165, 1.54) is 25.3 Å². The van der Waals surface area contributed by atoms with Crippen LogP contribution in [0.3, 0.4) is 0 Å². The van der Waals surface area contributed by atoms with Gasteiger partial charge in [-0.2, -0.15) is 13.2 Å². The SMILES string of the molecule is CCOC(=O)c1nc(-c2ccc(OC)c3nc(C(F)(F)F)ccc23)oc1[C@H](CC)NC(=O)OC(C)(C)C. The summed E-state index contributed by atoms with van der Waals surface area (Å²) in [6.07, 6.45) is -5.09. The minimum absolute atomic E-state index is 0.0191. The van der Waals surface area contributed by atoms with Crippen molar-refractivity contribution in [3.8, 4) is 17.2 Å². The topological polar surface area (TPSA) is 113 Å². The number of halogens is 3. The number of alkyl carbamates (subject to hydrolysis) is 1. The summed E-state index contributed by atoms with van der Waals surface area (Å²) < 4.78 is 61.5. The number of benzene rings is 1. The van der Waals surface area contributed by atoms with Gasteiger partial charge in [-0.05, 0) is 58.4 Å². The lowest BCUT2D eigenvalue weighted by molar-refractivity contribution is -0.140. The maximum absolute atomic E-state index is 13.3. The van der Waals surface area contributed by atoms with Crippen molar-refractivity contribution in [1.29, 1.82) is 0 Å². The summed E-state index contributed by atoms with van der Waals surface area (Å²) in [5, 5.41) is 2.91. The molecular formula is C25H28F3N3O6. The van der Waals surface area contributed by atoms with Crippen molar-refractivity contribution in [2.24, 2.45) is 0 Å². The maximum atomic E-state index is 13.3. The van der Waals surface area contributed by atoms with Gasteiger partial charge in [-0.3, -0.25) is 0 Å². The Morgan fingerprint density at radius 3 is 2.35 bits per heavy atom. The molecule has 3 rings (SSSR count). The van der Waals surface area contributed by atoms with Crippen LogP contribution in [0.1, 0.15) is 69.0 Å². The number of oxazole rings is 1. The fourth-order valence-electron chi connectivity index (χ4n) is 3.53. The summed E-state index contributed by atoms with van der Waals surface area (Å²) in [7, 11) is 1.31. The van der Waals surface area contributed by atoms with Crippen molar-refractivity contribution < 1.29 is 41.4 Å². The van der Waals surface area contributed by atoms with Crippen LogP contribution in [-0.2, 0) is 15.7 Å². The first kappa shape index (κ1) is 27.8. The largest absolute Gasteiger partial charge is 0.494 e. The highest BCUT2D eigenvalue weighted by atomic mass is 19.4. The smallest absolute Gasteiger partial charge is 0.433 e. The summed E-state index contributed by atoms with van der Waals surface area (Å²) in [5.74, 6) is -0.727. The molecule has 0 spiro atoms. The molecule has 1 atom stereocenters. The maximum Gasteiger partial charge on any atom is 0.433 e. The summed E-state index contributed by atoms with van der Waals surface area (Å²) in [6.45, 7) is 8.55. The lowest BCUT2D eigenvalue weighted by Gasteiger charge is -2.22. The predicted molar refractivity (Wildman–Crippen MR) is 127 cm³/mol. The Morgan fingerprint density at radius 2 is 1.78 bits per heavy atom. The second kappa shape index (κ2) is 10.7. The molecule has 9 nitrogen and oxygen atoms in total. The molecule has 0 bridgehead atoms. The molecule has 2 aromatic heterocycles. The number of fused-ring (bicyclic) bond motifs is 1. The molecule has 1 amide bonds. The summed E-state index contributed by atoms with van der Waals surface area (Å²) in [6, 6.07) is 4.21. The zero-order valence-corrected chi connectivity index (χ0v) is 21.3. The lowest BCUT2D eigenvalue weighted by atomic mass is 10.1. The van der Waals surface area contributed by atoms with Crippen molar-refractivity contribution >= 4 is 23.0 Å². The summed E-state index contributed by atoms with van der Waals surface area (Å²) >= 11 is 0. The molecular weight excluding hydrogens is 495 g/mol. The molecule has 0 saturated heterocycles. The van der Waals surface area contributed by atoms with Crippen molar-refractivity contribution in [2.45, 2.75) is 58.9 Å². The van der Waals surface area contributed by atoms with Gasteiger partial charge in [0.2, 0.25) is 5.89 Å². The molecule has 3 aromatic rings. The lowest BCUT2D eigenvalue weighted by Crippen LogP contribution is -2.35. The average molecular weight is 524 g/mol. The normalized spacial score (nSPS) is 12.8. The van der Waals surface area contributed by atoms with Crippen molar-refractivity contribution in [1.82, 2.24) is 15.3 Å². The van der Waals surface area contributed by atoms with E-state index >= 15 is 0 Å². The van der Waals surface area contributed by atoms with E-state index in [0.29, 0.717) is 6.42 Å². The van der Waals surface area contributed by atoms with Crippen LogP contribution < -0.4 is 10.1 Å². The van der Waals surface area contributed by atoms with Gasteiger partial charge in [0.05, 0.1) is 19.8 Å². The molecule has 0 saturated carbocycles. The van der Waals surface area contributed by atoms with Crippen LogP contribution in [0.5, 0.6) is 5.75 Å². The highest BCUT2D eigenvalue weighted by molar-refractivity contribution is 5.97. The number of alkyl halides is 3. The number of esters is 1. The van der Waals surface area contributed by atoms with Crippen molar-refractivity contribution in [3.05, 3.63) is 41.4 Å². The minimum Gasteiger partial charge on any atom is -0.494 e. The first-order valence-corrected chi connectivity index (χ1v) is 11.5. The van der Waals surface area contributed by atoms with E-state index in [9.17, 15) is 22.8 Å². The highest BCUT2D eigenvalue weighted by Crippen LogP contribution is 2.38. The Morgan fingerprint density at radius 1 is 1.08 bits per heavy atom. The number of hydrogen-bond donors (Lipinski definition) is 1. The summed E-state index contributed by atoms with van der Waals surface area (Å²) in [4.78, 5) is 33.2. The van der Waals surface area contributed by atoms with Crippen LogP contribution >= 0.6 is 0 Å². The number of ether oxygens (including phenoxy) is 3. The number of carbonyl (C=O) groups is 2. The van der Waals surface area contributed by atoms with Crippen LogP contribution in [0, 0.1) is 0 Å². The third-order valence-corrected chi connectivity index (χ3v) is 5.10. The van der Waals surface area contributed by atoms with Gasteiger partial charge in [0.15, 0.2) is 11.5 Å². The monoisotopic (exact) mass is 523 g/mol. The summed E-state index contributed by atoms with van der Waals surface area (Å²) in [5.41, 5.74) is -1.83. The molecule has 0 fully saturated rings. The van der Waals surface area contributed by atoms with Gasteiger partial charge < -0.3 is 23.9 Å².